The number of benzene rings is 2. The second-order valence-corrected chi connectivity index (χ2v) is 5.13. The molecular weight excluding hydrogens is 326 g/mol. The number of carbonyl (C=O) groups excluding carboxylic acids is 1. The number of aromatic carboxylic acids is 1. The summed E-state index contributed by atoms with van der Waals surface area (Å²) in [6, 6.07) is 9.78. The number of carboxylic acids is 1. The smallest absolute Gasteiger partial charge is 0.337 e. The van der Waals surface area contributed by atoms with E-state index in [4.69, 9.17) is 14.2 Å². The molecule has 1 amide bonds. The van der Waals surface area contributed by atoms with Gasteiger partial charge in [0.15, 0.2) is 11.5 Å². The first-order chi connectivity index (χ1) is 12.0. The van der Waals surface area contributed by atoms with Crippen LogP contribution in [0.4, 0.5) is 5.69 Å². The van der Waals surface area contributed by atoms with Crippen molar-refractivity contribution in [2.75, 3.05) is 26.6 Å². The Morgan fingerprint density at radius 3 is 2.08 bits per heavy atom. The molecule has 2 rings (SSSR count). The average Bonchev–Trinajstić information content (AvgIpc) is 2.61. The lowest BCUT2D eigenvalue weighted by atomic mass is 10.1. The van der Waals surface area contributed by atoms with Gasteiger partial charge in [-0.15, -0.1) is 0 Å². The van der Waals surface area contributed by atoms with Crippen molar-refractivity contribution >= 4 is 17.6 Å². The van der Waals surface area contributed by atoms with Crippen LogP contribution in [0.15, 0.2) is 36.4 Å². The molecule has 0 fully saturated rings. The van der Waals surface area contributed by atoms with Gasteiger partial charge in [-0.1, -0.05) is 12.1 Å². The summed E-state index contributed by atoms with van der Waals surface area (Å²) in [4.78, 5) is 23.7. The zero-order valence-corrected chi connectivity index (χ0v) is 14.2. The van der Waals surface area contributed by atoms with E-state index in [2.05, 4.69) is 5.32 Å². The Labute approximate surface area is 145 Å². The molecular formula is C18H19NO6. The van der Waals surface area contributed by atoms with E-state index in [9.17, 15) is 14.7 Å². The Hall–Kier alpha value is -3.22. The van der Waals surface area contributed by atoms with Crippen molar-refractivity contribution in [3.05, 3.63) is 47.5 Å². The van der Waals surface area contributed by atoms with Crippen LogP contribution in [0.1, 0.15) is 15.9 Å². The lowest BCUT2D eigenvalue weighted by molar-refractivity contribution is -0.115. The van der Waals surface area contributed by atoms with Gasteiger partial charge in [-0.3, -0.25) is 4.79 Å². The van der Waals surface area contributed by atoms with E-state index in [0.717, 1.165) is 5.56 Å². The van der Waals surface area contributed by atoms with Gasteiger partial charge in [-0.05, 0) is 17.7 Å². The average molecular weight is 345 g/mol. The summed E-state index contributed by atoms with van der Waals surface area (Å²) < 4.78 is 15.3. The number of carbonyl (C=O) groups is 2. The van der Waals surface area contributed by atoms with Gasteiger partial charge in [-0.25, -0.2) is 4.79 Å². The van der Waals surface area contributed by atoms with Crippen molar-refractivity contribution < 1.29 is 28.9 Å². The molecule has 0 aliphatic rings. The Morgan fingerprint density at radius 1 is 0.960 bits per heavy atom. The molecule has 0 atom stereocenters. The van der Waals surface area contributed by atoms with Crippen LogP contribution in [-0.4, -0.2) is 38.3 Å². The second-order valence-electron chi connectivity index (χ2n) is 5.13. The fraction of sp³-hybridized carbons (Fsp3) is 0.222. The maximum atomic E-state index is 12.3. The van der Waals surface area contributed by atoms with E-state index in [1.54, 1.807) is 31.4 Å². The standard InChI is InChI=1S/C18H19NO6/c1-23-12-6-4-11(5-7-12)8-17(20)19-14-10-16(25-3)15(24-2)9-13(14)18(21)22/h4-7,9-10H,8H2,1-3H3,(H,19,20)(H,21,22). The minimum absolute atomic E-state index is 0.0827. The van der Waals surface area contributed by atoms with Gasteiger partial charge >= 0.3 is 5.97 Å². The minimum Gasteiger partial charge on any atom is -0.497 e. The van der Waals surface area contributed by atoms with E-state index >= 15 is 0 Å². The molecule has 2 aromatic carbocycles. The maximum absolute atomic E-state index is 12.3. The number of ether oxygens (including phenoxy) is 3. The lowest BCUT2D eigenvalue weighted by Gasteiger charge is -2.14. The number of carboxylic acid groups (broad SMARTS) is 1. The summed E-state index contributed by atoms with van der Waals surface area (Å²) in [6.07, 6.45) is 0.0946. The van der Waals surface area contributed by atoms with E-state index in [-0.39, 0.29) is 29.3 Å². The van der Waals surface area contributed by atoms with Gasteiger partial charge < -0.3 is 24.6 Å². The summed E-state index contributed by atoms with van der Waals surface area (Å²) >= 11 is 0. The van der Waals surface area contributed by atoms with Crippen LogP contribution in [0, 0.1) is 0 Å². The first-order valence-electron chi connectivity index (χ1n) is 7.40. The van der Waals surface area contributed by atoms with Gasteiger partial charge in [0.05, 0.1) is 39.0 Å². The molecule has 0 aromatic heterocycles. The molecule has 2 N–H and O–H groups in total. The van der Waals surface area contributed by atoms with Crippen molar-refractivity contribution in [1.82, 2.24) is 0 Å². The van der Waals surface area contributed by atoms with Crippen molar-refractivity contribution in [3.8, 4) is 17.2 Å². The number of nitrogens with one attached hydrogen (secondary N) is 1. The number of rotatable bonds is 7. The van der Waals surface area contributed by atoms with Gasteiger partial charge in [0.1, 0.15) is 5.75 Å². The molecule has 0 radical (unpaired) electrons. The molecule has 0 aliphatic heterocycles. The van der Waals surface area contributed by atoms with E-state index in [0.29, 0.717) is 11.5 Å². The number of hydrogen-bond acceptors (Lipinski definition) is 5. The molecule has 0 aliphatic carbocycles. The van der Waals surface area contributed by atoms with Crippen LogP contribution < -0.4 is 19.5 Å². The topological polar surface area (TPSA) is 94.1 Å². The monoisotopic (exact) mass is 345 g/mol. The van der Waals surface area contributed by atoms with Crippen LogP contribution in [0.2, 0.25) is 0 Å². The number of anilines is 1. The van der Waals surface area contributed by atoms with Crippen LogP contribution in [0.5, 0.6) is 17.2 Å². The summed E-state index contributed by atoms with van der Waals surface area (Å²) in [5, 5.41) is 12.0. The quantitative estimate of drug-likeness (QED) is 0.801. The number of hydrogen-bond donors (Lipinski definition) is 2. The largest absolute Gasteiger partial charge is 0.497 e. The molecule has 0 saturated carbocycles. The molecule has 0 bridgehead atoms. The Kier molecular flexibility index (Phi) is 5.84. The molecule has 132 valence electrons. The summed E-state index contributed by atoms with van der Waals surface area (Å²) in [5.41, 5.74) is 0.833. The molecule has 0 heterocycles. The Balaban J connectivity index is 2.22. The first kappa shape index (κ1) is 18.1. The van der Waals surface area contributed by atoms with E-state index in [1.165, 1.54) is 26.4 Å². The first-order valence-corrected chi connectivity index (χ1v) is 7.40. The SMILES string of the molecule is COc1ccc(CC(=O)Nc2cc(OC)c(OC)cc2C(=O)O)cc1. The van der Waals surface area contributed by atoms with E-state index in [1.807, 2.05) is 0 Å². The molecule has 0 spiro atoms. The van der Waals surface area contributed by atoms with Crippen molar-refractivity contribution in [1.29, 1.82) is 0 Å². The fourth-order valence-corrected chi connectivity index (χ4v) is 2.28. The summed E-state index contributed by atoms with van der Waals surface area (Å²) in [6.45, 7) is 0. The van der Waals surface area contributed by atoms with Crippen LogP contribution >= 0.6 is 0 Å². The number of methoxy groups -OCH3 is 3. The fourth-order valence-electron chi connectivity index (χ4n) is 2.28. The zero-order valence-electron chi connectivity index (χ0n) is 14.2. The highest BCUT2D eigenvalue weighted by atomic mass is 16.5. The van der Waals surface area contributed by atoms with Gasteiger partial charge in [0.25, 0.3) is 0 Å². The van der Waals surface area contributed by atoms with Crippen molar-refractivity contribution in [2.24, 2.45) is 0 Å². The maximum Gasteiger partial charge on any atom is 0.337 e. The third kappa shape index (κ3) is 4.41. The normalized spacial score (nSPS) is 10.0. The lowest BCUT2D eigenvalue weighted by Crippen LogP contribution is -2.17. The Bertz CT molecular complexity index is 770. The van der Waals surface area contributed by atoms with Gasteiger partial charge in [0.2, 0.25) is 5.91 Å². The number of amides is 1. The summed E-state index contributed by atoms with van der Waals surface area (Å²) in [5.74, 6) is -0.238. The van der Waals surface area contributed by atoms with Crippen LogP contribution in [0.25, 0.3) is 0 Å². The van der Waals surface area contributed by atoms with Gasteiger partial charge in [-0.2, -0.15) is 0 Å². The highest BCUT2D eigenvalue weighted by Gasteiger charge is 2.18. The van der Waals surface area contributed by atoms with Crippen LogP contribution in [-0.2, 0) is 11.2 Å². The molecule has 0 unspecified atom stereocenters. The molecule has 0 saturated heterocycles. The molecule has 2 aromatic rings. The zero-order chi connectivity index (χ0) is 18.4. The molecule has 7 nitrogen and oxygen atoms in total. The third-order valence-corrected chi connectivity index (χ3v) is 3.55. The van der Waals surface area contributed by atoms with Crippen molar-refractivity contribution in [2.45, 2.75) is 6.42 Å². The van der Waals surface area contributed by atoms with Crippen LogP contribution in [0.3, 0.4) is 0 Å². The predicted molar refractivity (Wildman–Crippen MR) is 91.8 cm³/mol. The summed E-state index contributed by atoms with van der Waals surface area (Å²) in [7, 11) is 4.40. The van der Waals surface area contributed by atoms with Gasteiger partial charge in [0, 0.05) is 12.1 Å². The van der Waals surface area contributed by atoms with E-state index < -0.39 is 5.97 Å². The predicted octanol–water partition coefficient (Wildman–Crippen LogP) is 2.59. The second kappa shape index (κ2) is 8.05. The minimum atomic E-state index is -1.18. The molecule has 7 heteroatoms. The third-order valence-electron chi connectivity index (χ3n) is 3.55. The highest BCUT2D eigenvalue weighted by molar-refractivity contribution is 6.02. The van der Waals surface area contributed by atoms with Crippen molar-refractivity contribution in [3.63, 3.8) is 0 Å². The highest BCUT2D eigenvalue weighted by Crippen LogP contribution is 2.33. The Morgan fingerprint density at radius 2 is 1.56 bits per heavy atom. The molecule has 25 heavy (non-hydrogen) atoms.